The maximum atomic E-state index is 12.4. The van der Waals surface area contributed by atoms with Crippen molar-refractivity contribution in [2.75, 3.05) is 0 Å². The smallest absolute Gasteiger partial charge is 0.264 e. The van der Waals surface area contributed by atoms with Crippen LogP contribution in [0.2, 0.25) is 0 Å². The van der Waals surface area contributed by atoms with Crippen molar-refractivity contribution in [2.45, 2.75) is 38.0 Å². The number of hydrogen-bond donors (Lipinski definition) is 1. The zero-order chi connectivity index (χ0) is 15.4. The van der Waals surface area contributed by atoms with Crippen LogP contribution >= 0.6 is 15.9 Å². The monoisotopic (exact) mass is 371 g/mol. The Kier molecular flexibility index (Phi) is 3.64. The van der Waals surface area contributed by atoms with Crippen LogP contribution in [0.3, 0.4) is 0 Å². The van der Waals surface area contributed by atoms with Gasteiger partial charge >= 0.3 is 0 Å². The zero-order valence-corrected chi connectivity index (χ0v) is 14.4. The first kappa shape index (κ1) is 15.0. The Hall–Kier alpha value is -0.880. The molecule has 1 aromatic rings. The van der Waals surface area contributed by atoms with Crippen molar-refractivity contribution in [1.29, 1.82) is 0 Å². The van der Waals surface area contributed by atoms with E-state index in [0.717, 1.165) is 16.5 Å². The number of halogens is 1. The Morgan fingerprint density at radius 1 is 1.24 bits per heavy atom. The number of carbonyl (C=O) groups is 1. The fourth-order valence-corrected chi connectivity index (χ4v) is 4.67. The van der Waals surface area contributed by atoms with E-state index in [4.69, 9.17) is 0 Å². The third-order valence-corrected chi connectivity index (χ3v) is 6.73. The summed E-state index contributed by atoms with van der Waals surface area (Å²) >= 11 is 3.38. The van der Waals surface area contributed by atoms with Crippen molar-refractivity contribution in [3.63, 3.8) is 0 Å². The third kappa shape index (κ3) is 3.01. The molecule has 1 aromatic carbocycles. The number of benzene rings is 1. The second-order valence-corrected chi connectivity index (χ2v) is 8.69. The van der Waals surface area contributed by atoms with Crippen LogP contribution < -0.4 is 4.72 Å². The second kappa shape index (κ2) is 5.09. The van der Waals surface area contributed by atoms with E-state index in [9.17, 15) is 13.2 Å². The van der Waals surface area contributed by atoms with Crippen molar-refractivity contribution in [3.8, 4) is 0 Å². The molecule has 0 radical (unpaired) electrons. The van der Waals surface area contributed by atoms with Gasteiger partial charge in [0.2, 0.25) is 5.91 Å². The first-order valence-electron chi connectivity index (χ1n) is 7.13. The highest BCUT2D eigenvalue weighted by Gasteiger charge is 2.51. The summed E-state index contributed by atoms with van der Waals surface area (Å²) in [5.41, 5.74) is 1.46. The van der Waals surface area contributed by atoms with E-state index in [1.807, 2.05) is 6.92 Å². The lowest BCUT2D eigenvalue weighted by molar-refractivity contribution is -0.120. The standard InChI is InChI=1S/C15H18BrNO3S/c1-8-6-14(9(2)5-13(8)16)21(19,20)17-15(18)12-7-11(12)10-3-4-10/h5-6,10-12H,3-4,7H2,1-2H3,(H,17,18)/t11-,12+/m1/s1. The molecule has 0 unspecified atom stereocenters. The first-order valence-corrected chi connectivity index (χ1v) is 9.40. The van der Waals surface area contributed by atoms with Gasteiger partial charge in [-0.15, -0.1) is 0 Å². The van der Waals surface area contributed by atoms with Gasteiger partial charge in [-0.1, -0.05) is 15.9 Å². The van der Waals surface area contributed by atoms with Gasteiger partial charge in [-0.3, -0.25) is 4.79 Å². The zero-order valence-electron chi connectivity index (χ0n) is 12.0. The van der Waals surface area contributed by atoms with E-state index in [1.54, 1.807) is 19.1 Å². The van der Waals surface area contributed by atoms with E-state index in [2.05, 4.69) is 20.7 Å². The number of sulfonamides is 1. The summed E-state index contributed by atoms with van der Waals surface area (Å²) in [6, 6.07) is 3.36. The van der Waals surface area contributed by atoms with E-state index in [-0.39, 0.29) is 16.7 Å². The van der Waals surface area contributed by atoms with Crippen LogP contribution in [0.25, 0.3) is 0 Å². The minimum Gasteiger partial charge on any atom is -0.274 e. The molecule has 0 heterocycles. The Bertz CT molecular complexity index is 710. The lowest BCUT2D eigenvalue weighted by Crippen LogP contribution is -2.32. The minimum absolute atomic E-state index is 0.107. The lowest BCUT2D eigenvalue weighted by atomic mass is 10.2. The molecule has 2 aliphatic rings. The summed E-state index contributed by atoms with van der Waals surface area (Å²) in [5.74, 6) is 0.615. The molecule has 114 valence electrons. The highest BCUT2D eigenvalue weighted by atomic mass is 79.9. The topological polar surface area (TPSA) is 63.2 Å². The van der Waals surface area contributed by atoms with E-state index in [0.29, 0.717) is 17.4 Å². The van der Waals surface area contributed by atoms with Gasteiger partial charge in [-0.25, -0.2) is 13.1 Å². The normalized spacial score (nSPS) is 24.7. The largest absolute Gasteiger partial charge is 0.274 e. The molecule has 2 fully saturated rings. The average Bonchev–Trinajstić information content (AvgIpc) is 3.25. The third-order valence-electron chi connectivity index (χ3n) is 4.38. The van der Waals surface area contributed by atoms with Gasteiger partial charge < -0.3 is 0 Å². The summed E-state index contributed by atoms with van der Waals surface area (Å²) in [5, 5.41) is 0. The van der Waals surface area contributed by atoms with Crippen molar-refractivity contribution in [3.05, 3.63) is 27.7 Å². The maximum Gasteiger partial charge on any atom is 0.264 e. The molecule has 1 N–H and O–H groups in total. The molecule has 4 nitrogen and oxygen atoms in total. The summed E-state index contributed by atoms with van der Waals surface area (Å²) < 4.78 is 27.9. The van der Waals surface area contributed by atoms with Crippen LogP contribution in [-0.4, -0.2) is 14.3 Å². The molecule has 0 aromatic heterocycles. The van der Waals surface area contributed by atoms with Gasteiger partial charge in [0.1, 0.15) is 0 Å². The Morgan fingerprint density at radius 3 is 2.52 bits per heavy atom. The van der Waals surface area contributed by atoms with Crippen molar-refractivity contribution < 1.29 is 13.2 Å². The Labute approximate surface area is 133 Å². The van der Waals surface area contributed by atoms with Crippen molar-refractivity contribution in [2.24, 2.45) is 17.8 Å². The summed E-state index contributed by atoms with van der Waals surface area (Å²) in [7, 11) is -3.78. The maximum absolute atomic E-state index is 12.4. The van der Waals surface area contributed by atoms with Crippen LogP contribution in [0.15, 0.2) is 21.5 Å². The molecule has 2 atom stereocenters. The van der Waals surface area contributed by atoms with Crippen LogP contribution in [0, 0.1) is 31.6 Å². The molecule has 3 rings (SSSR count). The molecular weight excluding hydrogens is 354 g/mol. The SMILES string of the molecule is Cc1cc(S(=O)(=O)NC(=O)[C@H]2C[C@@H]2C2CC2)c(C)cc1Br. The minimum atomic E-state index is -3.78. The molecule has 21 heavy (non-hydrogen) atoms. The molecule has 0 bridgehead atoms. The predicted molar refractivity (Wildman–Crippen MR) is 83.3 cm³/mol. The highest BCUT2D eigenvalue weighted by molar-refractivity contribution is 9.10. The summed E-state index contributed by atoms with van der Waals surface area (Å²) in [4.78, 5) is 12.3. The van der Waals surface area contributed by atoms with Gasteiger partial charge in [-0.05, 0) is 68.2 Å². The molecular formula is C15H18BrNO3S. The Morgan fingerprint density at radius 2 is 1.90 bits per heavy atom. The number of carbonyl (C=O) groups excluding carboxylic acids is 1. The van der Waals surface area contributed by atoms with Crippen molar-refractivity contribution in [1.82, 2.24) is 4.72 Å². The highest BCUT2D eigenvalue weighted by Crippen LogP contribution is 2.54. The van der Waals surface area contributed by atoms with Crippen molar-refractivity contribution >= 4 is 31.9 Å². The number of rotatable bonds is 4. The van der Waals surface area contributed by atoms with Gasteiger partial charge in [0, 0.05) is 10.4 Å². The molecule has 2 saturated carbocycles. The van der Waals surface area contributed by atoms with E-state index >= 15 is 0 Å². The molecule has 0 spiro atoms. The molecule has 2 aliphatic carbocycles. The second-order valence-electron chi connectivity index (χ2n) is 6.18. The average molecular weight is 372 g/mol. The molecule has 6 heteroatoms. The van der Waals surface area contributed by atoms with E-state index in [1.165, 1.54) is 12.8 Å². The number of nitrogens with one attached hydrogen (secondary N) is 1. The van der Waals surface area contributed by atoms with Crippen LogP contribution in [0.1, 0.15) is 30.4 Å². The lowest BCUT2D eigenvalue weighted by Gasteiger charge is -2.11. The number of amides is 1. The Balaban J connectivity index is 1.77. The first-order chi connectivity index (χ1) is 9.79. The summed E-state index contributed by atoms with van der Waals surface area (Å²) in [6.07, 6.45) is 3.21. The summed E-state index contributed by atoms with van der Waals surface area (Å²) in [6.45, 7) is 3.56. The number of aryl methyl sites for hydroxylation is 2. The number of hydrogen-bond acceptors (Lipinski definition) is 3. The predicted octanol–water partition coefficient (Wildman–Crippen LogP) is 2.92. The van der Waals surface area contributed by atoms with Crippen LogP contribution in [0.4, 0.5) is 0 Å². The van der Waals surface area contributed by atoms with Gasteiger partial charge in [0.15, 0.2) is 0 Å². The quantitative estimate of drug-likeness (QED) is 0.884. The molecule has 0 aliphatic heterocycles. The fourth-order valence-electron chi connectivity index (χ4n) is 2.87. The van der Waals surface area contributed by atoms with Crippen LogP contribution in [-0.2, 0) is 14.8 Å². The van der Waals surface area contributed by atoms with Crippen LogP contribution in [0.5, 0.6) is 0 Å². The van der Waals surface area contributed by atoms with Gasteiger partial charge in [-0.2, -0.15) is 0 Å². The van der Waals surface area contributed by atoms with E-state index < -0.39 is 10.0 Å². The van der Waals surface area contributed by atoms with Gasteiger partial charge in [0.05, 0.1) is 4.90 Å². The fraction of sp³-hybridized carbons (Fsp3) is 0.533. The molecule has 1 amide bonds. The van der Waals surface area contributed by atoms with Gasteiger partial charge in [0.25, 0.3) is 10.0 Å². The molecule has 0 saturated heterocycles.